The number of aryl methyl sites for hydroxylation is 2. The Morgan fingerprint density at radius 1 is 1.23 bits per heavy atom. The quantitative estimate of drug-likeness (QED) is 0.690. The summed E-state index contributed by atoms with van der Waals surface area (Å²) in [4.78, 5) is 12.2. The van der Waals surface area contributed by atoms with E-state index in [0.29, 0.717) is 6.61 Å². The number of fused-ring (bicyclic) bond motifs is 1. The van der Waals surface area contributed by atoms with Gasteiger partial charge in [-0.2, -0.15) is 0 Å². The topological polar surface area (TPSA) is 76.7 Å². The molecular weight excluding hydrogens is 330 g/mol. The van der Waals surface area contributed by atoms with E-state index in [4.69, 9.17) is 4.74 Å². The normalized spacial score (nSPS) is 12.3. The van der Waals surface area contributed by atoms with Crippen LogP contribution in [0.3, 0.4) is 0 Å². The molecule has 1 aromatic carbocycles. The van der Waals surface area contributed by atoms with Gasteiger partial charge in [-0.3, -0.25) is 4.79 Å². The molecule has 1 atom stereocenters. The Bertz CT molecular complexity index is 933. The number of ether oxygens (including phenoxy) is 1. The predicted molar refractivity (Wildman–Crippen MR) is 97.9 cm³/mol. The number of hydrogen-bond acceptors (Lipinski definition) is 5. The van der Waals surface area contributed by atoms with Crippen molar-refractivity contribution in [3.8, 4) is 0 Å². The molecule has 0 radical (unpaired) electrons. The number of pyridine rings is 1. The van der Waals surface area contributed by atoms with Crippen LogP contribution < -0.4 is 0 Å². The van der Waals surface area contributed by atoms with Crippen molar-refractivity contribution in [2.24, 2.45) is 0 Å². The number of carbonyl (C=O) groups is 1. The third-order valence-electron chi connectivity index (χ3n) is 4.64. The van der Waals surface area contributed by atoms with Gasteiger partial charge in [-0.05, 0) is 49.1 Å². The maximum absolute atomic E-state index is 12.2. The van der Waals surface area contributed by atoms with E-state index in [1.807, 2.05) is 50.4 Å². The van der Waals surface area contributed by atoms with Gasteiger partial charge in [0.2, 0.25) is 0 Å². The maximum Gasteiger partial charge on any atom is 0.306 e. The molecule has 6 heteroatoms. The average Bonchev–Trinajstić information content (AvgIpc) is 3.01. The monoisotopic (exact) mass is 353 g/mol. The average molecular weight is 353 g/mol. The lowest BCUT2D eigenvalue weighted by Gasteiger charge is -2.19. The van der Waals surface area contributed by atoms with Gasteiger partial charge in [-0.25, -0.2) is 4.52 Å². The minimum absolute atomic E-state index is 0.0346. The molecule has 2 aromatic heterocycles. The van der Waals surface area contributed by atoms with Gasteiger partial charge < -0.3 is 9.84 Å². The van der Waals surface area contributed by atoms with Crippen LogP contribution in [-0.4, -0.2) is 32.5 Å². The Morgan fingerprint density at radius 3 is 2.73 bits per heavy atom. The molecule has 1 unspecified atom stereocenters. The molecule has 6 nitrogen and oxygen atoms in total. The number of nitrogens with zero attached hydrogens (tertiary/aromatic N) is 3. The maximum atomic E-state index is 12.2. The molecule has 3 aromatic rings. The fourth-order valence-corrected chi connectivity index (χ4v) is 3.13. The standard InChI is InChI=1S/C20H23N3O3/c1-4-26-20(25)10-18(15-6-5-13(2)17(9-15)12-24)16-7-8-19-14(3)21-22-23(19)11-16/h5-9,11,18,24H,4,10,12H2,1-3H3. The van der Waals surface area contributed by atoms with Gasteiger partial charge in [-0.1, -0.05) is 29.5 Å². The van der Waals surface area contributed by atoms with Crippen LogP contribution in [0.15, 0.2) is 36.5 Å². The van der Waals surface area contributed by atoms with Crippen molar-refractivity contribution in [1.82, 2.24) is 14.8 Å². The number of aliphatic hydroxyl groups excluding tert-OH is 1. The van der Waals surface area contributed by atoms with Crippen LogP contribution in [0.5, 0.6) is 0 Å². The van der Waals surface area contributed by atoms with E-state index < -0.39 is 0 Å². The van der Waals surface area contributed by atoms with Crippen LogP contribution in [0.1, 0.15) is 47.2 Å². The van der Waals surface area contributed by atoms with E-state index in [2.05, 4.69) is 10.3 Å². The van der Waals surface area contributed by atoms with Crippen molar-refractivity contribution in [3.05, 3.63) is 64.5 Å². The van der Waals surface area contributed by atoms with Crippen LogP contribution >= 0.6 is 0 Å². The number of aliphatic hydroxyl groups is 1. The first-order chi connectivity index (χ1) is 12.5. The molecule has 26 heavy (non-hydrogen) atoms. The minimum Gasteiger partial charge on any atom is -0.466 e. The van der Waals surface area contributed by atoms with Gasteiger partial charge in [0.05, 0.1) is 30.8 Å². The summed E-state index contributed by atoms with van der Waals surface area (Å²) in [5.74, 6) is -0.438. The highest BCUT2D eigenvalue weighted by molar-refractivity contribution is 5.71. The third-order valence-corrected chi connectivity index (χ3v) is 4.64. The van der Waals surface area contributed by atoms with Crippen molar-refractivity contribution >= 4 is 11.5 Å². The van der Waals surface area contributed by atoms with E-state index in [1.54, 1.807) is 11.4 Å². The summed E-state index contributed by atoms with van der Waals surface area (Å²) >= 11 is 0. The predicted octanol–water partition coefficient (Wildman–Crippen LogP) is 2.92. The van der Waals surface area contributed by atoms with Gasteiger partial charge in [0.1, 0.15) is 0 Å². The second kappa shape index (κ2) is 7.66. The fourth-order valence-electron chi connectivity index (χ4n) is 3.13. The van der Waals surface area contributed by atoms with E-state index in [-0.39, 0.29) is 24.9 Å². The summed E-state index contributed by atoms with van der Waals surface area (Å²) in [6, 6.07) is 9.88. The zero-order chi connectivity index (χ0) is 18.7. The number of esters is 1. The summed E-state index contributed by atoms with van der Waals surface area (Å²) in [6.07, 6.45) is 2.12. The molecule has 136 valence electrons. The molecule has 1 N–H and O–H groups in total. The molecule has 3 rings (SSSR count). The molecule has 2 heterocycles. The summed E-state index contributed by atoms with van der Waals surface area (Å²) < 4.78 is 6.89. The zero-order valence-corrected chi connectivity index (χ0v) is 15.3. The molecular formula is C20H23N3O3. The lowest BCUT2D eigenvalue weighted by atomic mass is 9.87. The largest absolute Gasteiger partial charge is 0.466 e. The zero-order valence-electron chi connectivity index (χ0n) is 15.3. The number of hydrogen-bond donors (Lipinski definition) is 1. The Morgan fingerprint density at radius 2 is 2.00 bits per heavy atom. The number of carbonyl (C=O) groups excluding carboxylic acids is 1. The van der Waals surface area contributed by atoms with Gasteiger partial charge in [-0.15, -0.1) is 5.10 Å². The SMILES string of the molecule is CCOC(=O)CC(c1ccc(C)c(CO)c1)c1ccc2c(C)nnn2c1. The van der Waals surface area contributed by atoms with E-state index >= 15 is 0 Å². The second-order valence-corrected chi connectivity index (χ2v) is 6.37. The summed E-state index contributed by atoms with van der Waals surface area (Å²) in [5.41, 5.74) is 5.58. The van der Waals surface area contributed by atoms with Crippen molar-refractivity contribution in [2.75, 3.05) is 6.61 Å². The molecule has 0 aliphatic carbocycles. The van der Waals surface area contributed by atoms with Gasteiger partial charge in [0.25, 0.3) is 0 Å². The molecule has 0 amide bonds. The lowest BCUT2D eigenvalue weighted by molar-refractivity contribution is -0.143. The number of rotatable bonds is 6. The van der Waals surface area contributed by atoms with Crippen LogP contribution in [0, 0.1) is 13.8 Å². The molecule has 0 saturated carbocycles. The molecule has 0 bridgehead atoms. The van der Waals surface area contributed by atoms with Crippen molar-refractivity contribution in [1.29, 1.82) is 0 Å². The molecule has 0 saturated heterocycles. The summed E-state index contributed by atoms with van der Waals surface area (Å²) in [5, 5.41) is 17.8. The van der Waals surface area contributed by atoms with Gasteiger partial charge in [0, 0.05) is 12.1 Å². The minimum atomic E-state index is -0.251. The fraction of sp³-hybridized carbons (Fsp3) is 0.350. The first-order valence-electron chi connectivity index (χ1n) is 8.71. The van der Waals surface area contributed by atoms with Crippen molar-refractivity contribution in [2.45, 2.75) is 39.7 Å². The van der Waals surface area contributed by atoms with Gasteiger partial charge in [0.15, 0.2) is 0 Å². The van der Waals surface area contributed by atoms with E-state index in [0.717, 1.165) is 33.5 Å². The van der Waals surface area contributed by atoms with Crippen molar-refractivity contribution in [3.63, 3.8) is 0 Å². The van der Waals surface area contributed by atoms with Gasteiger partial charge >= 0.3 is 5.97 Å². The van der Waals surface area contributed by atoms with E-state index in [9.17, 15) is 9.90 Å². The highest BCUT2D eigenvalue weighted by atomic mass is 16.5. The highest BCUT2D eigenvalue weighted by Gasteiger charge is 2.21. The Balaban J connectivity index is 2.05. The number of aromatic nitrogens is 3. The molecule has 0 aliphatic heterocycles. The lowest BCUT2D eigenvalue weighted by Crippen LogP contribution is -2.13. The highest BCUT2D eigenvalue weighted by Crippen LogP contribution is 2.30. The first-order valence-corrected chi connectivity index (χ1v) is 8.71. The van der Waals surface area contributed by atoms with E-state index in [1.165, 1.54) is 0 Å². The summed E-state index contributed by atoms with van der Waals surface area (Å²) in [7, 11) is 0. The Labute approximate surface area is 152 Å². The smallest absolute Gasteiger partial charge is 0.306 e. The summed E-state index contributed by atoms with van der Waals surface area (Å²) in [6.45, 7) is 5.98. The van der Waals surface area contributed by atoms with Crippen LogP contribution in [0.2, 0.25) is 0 Å². The Kier molecular flexibility index (Phi) is 5.32. The molecule has 0 spiro atoms. The first kappa shape index (κ1) is 18.1. The van der Waals surface area contributed by atoms with Crippen LogP contribution in [0.4, 0.5) is 0 Å². The Hall–Kier alpha value is -2.73. The second-order valence-electron chi connectivity index (χ2n) is 6.37. The van der Waals surface area contributed by atoms with Crippen LogP contribution in [0.25, 0.3) is 5.52 Å². The molecule has 0 fully saturated rings. The third kappa shape index (κ3) is 3.60. The number of benzene rings is 1. The van der Waals surface area contributed by atoms with Crippen LogP contribution in [-0.2, 0) is 16.1 Å². The van der Waals surface area contributed by atoms with Crippen molar-refractivity contribution < 1.29 is 14.6 Å². The molecule has 0 aliphatic rings.